The molecule has 2 rings (SSSR count). The average Bonchev–Trinajstić information content (AvgIpc) is 2.51. The molecule has 1 aliphatic carbocycles. The summed E-state index contributed by atoms with van der Waals surface area (Å²) in [6, 6.07) is 0. The Hall–Kier alpha value is -1.06. The lowest BCUT2D eigenvalue weighted by Gasteiger charge is -2.32. The van der Waals surface area contributed by atoms with Crippen molar-refractivity contribution in [1.82, 2.24) is 15.0 Å². The Kier molecular flexibility index (Phi) is 2.44. The third-order valence-electron chi connectivity index (χ3n) is 3.14. The van der Waals surface area contributed by atoms with E-state index in [0.29, 0.717) is 11.2 Å². The van der Waals surface area contributed by atoms with Crippen LogP contribution in [0.1, 0.15) is 39.0 Å². The summed E-state index contributed by atoms with van der Waals surface area (Å²) >= 11 is 0. The molecule has 1 fully saturated rings. The van der Waals surface area contributed by atoms with E-state index in [1.54, 1.807) is 11.0 Å². The molecule has 1 aliphatic rings. The van der Waals surface area contributed by atoms with E-state index < -0.39 is 0 Å². The minimum Gasteiger partial charge on any atom is -0.381 e. The minimum absolute atomic E-state index is 0.379. The van der Waals surface area contributed by atoms with Crippen LogP contribution in [0, 0.1) is 5.41 Å². The molecular formula is C10H18N4. The molecule has 0 aliphatic heterocycles. The van der Waals surface area contributed by atoms with Crippen LogP contribution >= 0.6 is 0 Å². The van der Waals surface area contributed by atoms with E-state index in [0.717, 1.165) is 6.54 Å². The number of rotatable bonds is 2. The molecule has 0 spiro atoms. The summed E-state index contributed by atoms with van der Waals surface area (Å²) in [6.07, 6.45) is 8.25. The van der Waals surface area contributed by atoms with Crippen molar-refractivity contribution in [2.24, 2.45) is 5.41 Å². The standard InChI is InChI=1S/C10H18N4/c1-10(5-3-2-4-6-10)8-14-12-7-9(11)13-14/h7H,2-6,8H2,1H3,(H2,11,13). The van der Waals surface area contributed by atoms with E-state index in [2.05, 4.69) is 17.1 Å². The smallest absolute Gasteiger partial charge is 0.165 e. The van der Waals surface area contributed by atoms with Gasteiger partial charge in [0.2, 0.25) is 0 Å². The zero-order valence-electron chi connectivity index (χ0n) is 8.74. The maximum Gasteiger partial charge on any atom is 0.165 e. The Bertz CT molecular complexity index is 299. The summed E-state index contributed by atoms with van der Waals surface area (Å²) in [5.74, 6) is 0.518. The molecule has 0 bridgehead atoms. The van der Waals surface area contributed by atoms with Crippen molar-refractivity contribution in [2.45, 2.75) is 45.6 Å². The van der Waals surface area contributed by atoms with Gasteiger partial charge in [-0.1, -0.05) is 26.2 Å². The first kappa shape index (κ1) is 9.49. The lowest BCUT2D eigenvalue weighted by atomic mass is 9.76. The zero-order chi connectivity index (χ0) is 10.0. The molecule has 4 nitrogen and oxygen atoms in total. The van der Waals surface area contributed by atoms with E-state index in [1.165, 1.54) is 32.1 Å². The Morgan fingerprint density at radius 2 is 2.14 bits per heavy atom. The number of nitrogens with two attached hydrogens (primary N) is 1. The van der Waals surface area contributed by atoms with Crippen LogP contribution < -0.4 is 5.73 Å². The van der Waals surface area contributed by atoms with Crippen LogP contribution in [-0.2, 0) is 6.54 Å². The molecule has 0 aromatic carbocycles. The summed E-state index contributed by atoms with van der Waals surface area (Å²) in [4.78, 5) is 1.74. The largest absolute Gasteiger partial charge is 0.381 e. The molecule has 1 heterocycles. The zero-order valence-corrected chi connectivity index (χ0v) is 8.74. The van der Waals surface area contributed by atoms with Crippen LogP contribution in [0.25, 0.3) is 0 Å². The quantitative estimate of drug-likeness (QED) is 0.781. The summed E-state index contributed by atoms with van der Waals surface area (Å²) in [7, 11) is 0. The molecule has 0 radical (unpaired) electrons. The van der Waals surface area contributed by atoms with Crippen molar-refractivity contribution < 1.29 is 0 Å². The highest BCUT2D eigenvalue weighted by molar-refractivity contribution is 5.19. The number of nitrogen functional groups attached to an aromatic ring is 1. The molecule has 0 saturated heterocycles. The molecule has 1 aromatic rings. The second-order valence-electron chi connectivity index (χ2n) is 4.67. The molecule has 1 aromatic heterocycles. The fourth-order valence-electron chi connectivity index (χ4n) is 2.29. The third kappa shape index (κ3) is 2.05. The first-order valence-electron chi connectivity index (χ1n) is 5.34. The van der Waals surface area contributed by atoms with Gasteiger partial charge in [0.1, 0.15) is 0 Å². The number of hydrogen-bond acceptors (Lipinski definition) is 3. The molecule has 0 unspecified atom stereocenters. The van der Waals surface area contributed by atoms with Crippen LogP contribution in [-0.4, -0.2) is 15.0 Å². The molecule has 2 N–H and O–H groups in total. The highest BCUT2D eigenvalue weighted by Gasteiger charge is 2.27. The van der Waals surface area contributed by atoms with E-state index in [-0.39, 0.29) is 0 Å². The van der Waals surface area contributed by atoms with Crippen molar-refractivity contribution in [3.8, 4) is 0 Å². The predicted octanol–water partition coefficient (Wildman–Crippen LogP) is 1.83. The van der Waals surface area contributed by atoms with Crippen molar-refractivity contribution in [1.29, 1.82) is 0 Å². The van der Waals surface area contributed by atoms with Crippen molar-refractivity contribution >= 4 is 5.82 Å². The second kappa shape index (κ2) is 3.59. The van der Waals surface area contributed by atoms with Crippen LogP contribution in [0.2, 0.25) is 0 Å². The van der Waals surface area contributed by atoms with Crippen molar-refractivity contribution in [3.05, 3.63) is 6.20 Å². The summed E-state index contributed by atoms with van der Waals surface area (Å²) in [6.45, 7) is 3.23. The van der Waals surface area contributed by atoms with Gasteiger partial charge >= 0.3 is 0 Å². The summed E-state index contributed by atoms with van der Waals surface area (Å²) in [5, 5.41) is 8.27. The molecule has 14 heavy (non-hydrogen) atoms. The SMILES string of the molecule is CC1(Cn2ncc(N)n2)CCCCC1. The molecular weight excluding hydrogens is 176 g/mol. The van der Waals surface area contributed by atoms with Crippen LogP contribution in [0.5, 0.6) is 0 Å². The van der Waals surface area contributed by atoms with E-state index in [4.69, 9.17) is 5.73 Å². The number of hydrogen-bond donors (Lipinski definition) is 1. The summed E-state index contributed by atoms with van der Waals surface area (Å²) in [5.41, 5.74) is 5.91. The molecule has 4 heteroatoms. The van der Waals surface area contributed by atoms with Gasteiger partial charge in [0.15, 0.2) is 5.82 Å². The van der Waals surface area contributed by atoms with Gasteiger partial charge in [0.05, 0.1) is 12.7 Å². The van der Waals surface area contributed by atoms with Crippen LogP contribution in [0.15, 0.2) is 6.20 Å². The summed E-state index contributed by atoms with van der Waals surface area (Å²) < 4.78 is 0. The molecule has 78 valence electrons. The van der Waals surface area contributed by atoms with Crippen LogP contribution in [0.4, 0.5) is 5.82 Å². The monoisotopic (exact) mass is 194 g/mol. The van der Waals surface area contributed by atoms with Gasteiger partial charge in [-0.05, 0) is 18.3 Å². The fourth-order valence-corrected chi connectivity index (χ4v) is 2.29. The number of nitrogens with zero attached hydrogens (tertiary/aromatic N) is 3. The van der Waals surface area contributed by atoms with E-state index in [9.17, 15) is 0 Å². The normalized spacial score (nSPS) is 20.9. The van der Waals surface area contributed by atoms with E-state index in [1.807, 2.05) is 0 Å². The van der Waals surface area contributed by atoms with Gasteiger partial charge < -0.3 is 5.73 Å². The number of anilines is 1. The first-order chi connectivity index (χ1) is 6.68. The number of aromatic nitrogens is 3. The van der Waals surface area contributed by atoms with Gasteiger partial charge in [-0.3, -0.25) is 0 Å². The highest BCUT2D eigenvalue weighted by Crippen LogP contribution is 2.36. The maximum atomic E-state index is 5.53. The lowest BCUT2D eigenvalue weighted by Crippen LogP contribution is -2.27. The maximum absolute atomic E-state index is 5.53. The van der Waals surface area contributed by atoms with Gasteiger partial charge in [0, 0.05) is 0 Å². The third-order valence-corrected chi connectivity index (χ3v) is 3.14. The first-order valence-corrected chi connectivity index (χ1v) is 5.34. The van der Waals surface area contributed by atoms with E-state index >= 15 is 0 Å². The molecule has 0 amide bonds. The Morgan fingerprint density at radius 1 is 1.43 bits per heavy atom. The highest BCUT2D eigenvalue weighted by atomic mass is 15.5. The molecule has 0 atom stereocenters. The van der Waals surface area contributed by atoms with Gasteiger partial charge in [0.25, 0.3) is 0 Å². The van der Waals surface area contributed by atoms with Gasteiger partial charge in [-0.25, -0.2) is 0 Å². The fraction of sp³-hybridized carbons (Fsp3) is 0.800. The Balaban J connectivity index is 2.01. The Morgan fingerprint density at radius 3 is 2.71 bits per heavy atom. The van der Waals surface area contributed by atoms with Crippen molar-refractivity contribution in [2.75, 3.05) is 5.73 Å². The van der Waals surface area contributed by atoms with Crippen LogP contribution in [0.3, 0.4) is 0 Å². The van der Waals surface area contributed by atoms with Gasteiger partial charge in [-0.15, -0.1) is 5.10 Å². The van der Waals surface area contributed by atoms with Gasteiger partial charge in [-0.2, -0.15) is 9.90 Å². The predicted molar refractivity (Wildman–Crippen MR) is 55.6 cm³/mol. The topological polar surface area (TPSA) is 56.7 Å². The lowest BCUT2D eigenvalue weighted by molar-refractivity contribution is 0.167. The molecule has 1 saturated carbocycles. The average molecular weight is 194 g/mol. The van der Waals surface area contributed by atoms with Crippen molar-refractivity contribution in [3.63, 3.8) is 0 Å². The minimum atomic E-state index is 0.379. The Labute approximate surface area is 84.5 Å². The second-order valence-corrected chi connectivity index (χ2v) is 4.67.